The van der Waals surface area contributed by atoms with Gasteiger partial charge in [0.1, 0.15) is 11.4 Å². The third-order valence-electron chi connectivity index (χ3n) is 10.0. The highest BCUT2D eigenvalue weighted by molar-refractivity contribution is 5.86. The second-order valence-corrected chi connectivity index (χ2v) is 15.2. The molecule has 10 heteroatoms. The second kappa shape index (κ2) is 16.9. The Morgan fingerprint density at radius 1 is 0.943 bits per heavy atom. The van der Waals surface area contributed by atoms with Crippen molar-refractivity contribution in [3.8, 4) is 16.9 Å². The van der Waals surface area contributed by atoms with Crippen LogP contribution in [-0.4, -0.2) is 83.9 Å². The van der Waals surface area contributed by atoms with Crippen LogP contribution in [0.3, 0.4) is 0 Å². The van der Waals surface area contributed by atoms with Gasteiger partial charge in [-0.15, -0.1) is 0 Å². The zero-order valence-corrected chi connectivity index (χ0v) is 31.8. The number of piperidine rings is 1. The van der Waals surface area contributed by atoms with Crippen molar-refractivity contribution in [3.63, 3.8) is 0 Å². The van der Waals surface area contributed by atoms with Crippen molar-refractivity contribution >= 4 is 28.8 Å². The lowest BCUT2D eigenvalue weighted by molar-refractivity contribution is -0.139. The van der Waals surface area contributed by atoms with E-state index in [9.17, 15) is 9.59 Å². The number of methoxy groups -OCH3 is 1. The van der Waals surface area contributed by atoms with E-state index < -0.39 is 11.5 Å². The number of carbonyl (C=O) groups is 3. The molecule has 0 spiro atoms. The van der Waals surface area contributed by atoms with Gasteiger partial charge in [0.2, 0.25) is 5.91 Å². The first-order valence-electron chi connectivity index (χ1n) is 19.0. The van der Waals surface area contributed by atoms with E-state index in [1.54, 1.807) is 12.0 Å². The van der Waals surface area contributed by atoms with Crippen molar-refractivity contribution in [2.24, 2.45) is 5.92 Å². The molecule has 10 nitrogen and oxygen atoms in total. The summed E-state index contributed by atoms with van der Waals surface area (Å²) in [5, 5.41) is 3.91. The lowest BCUT2D eigenvalue weighted by Gasteiger charge is -2.40. The number of hydrogen-bond donors (Lipinski definition) is 1. The van der Waals surface area contributed by atoms with E-state index in [-0.39, 0.29) is 43.0 Å². The molecule has 3 amide bonds. The van der Waals surface area contributed by atoms with Gasteiger partial charge in [0.15, 0.2) is 6.61 Å². The average molecular weight is 723 g/mol. The molecule has 3 aromatic carbocycles. The van der Waals surface area contributed by atoms with Crippen LogP contribution in [0.25, 0.3) is 22.0 Å². The first-order chi connectivity index (χ1) is 25.5. The third kappa shape index (κ3) is 9.59. The maximum absolute atomic E-state index is 15.0. The summed E-state index contributed by atoms with van der Waals surface area (Å²) >= 11 is 0. The predicted molar refractivity (Wildman–Crippen MR) is 207 cm³/mol. The number of nitrogens with zero attached hydrogens (tertiary/aromatic N) is 3. The minimum Gasteiger partial charge on any atom is -0.484 e. The van der Waals surface area contributed by atoms with Crippen LogP contribution in [0.2, 0.25) is 0 Å². The molecule has 2 heterocycles. The standard InChI is InChI=1S/C43H54N4O6/c1-6-44-40(48)29-52-35-15-10-13-31(25-35)30-12-9-14-32(24-30)36-20-22-46(42(50)53-43(2,3)4)28-38(36)41(49)47(34-18-19-34)27-33-26-45(21-11-23-51-5)39-17-8-7-16-37(33)39/h7-10,12-17,24-26,34,36,38H,6,11,18-23,27-29H2,1-5H3,(H,44,48)/t36-,38+/m1/s1. The smallest absolute Gasteiger partial charge is 0.410 e. The number of fused-ring (bicyclic) bond motifs is 1. The van der Waals surface area contributed by atoms with E-state index >= 15 is 4.79 Å². The van der Waals surface area contributed by atoms with Gasteiger partial charge in [-0.1, -0.05) is 54.6 Å². The van der Waals surface area contributed by atoms with Gasteiger partial charge in [0.25, 0.3) is 5.91 Å². The highest BCUT2D eigenvalue weighted by atomic mass is 16.6. The van der Waals surface area contributed by atoms with Crippen LogP contribution in [-0.2, 0) is 32.2 Å². The van der Waals surface area contributed by atoms with Gasteiger partial charge in [0, 0.05) is 69.6 Å². The van der Waals surface area contributed by atoms with Gasteiger partial charge in [0.05, 0.1) is 5.92 Å². The zero-order valence-electron chi connectivity index (χ0n) is 31.8. The van der Waals surface area contributed by atoms with Crippen LogP contribution in [0.5, 0.6) is 5.75 Å². The number of likely N-dealkylation sites (tertiary alicyclic amines) is 1. The largest absolute Gasteiger partial charge is 0.484 e. The molecule has 1 saturated carbocycles. The van der Waals surface area contributed by atoms with Crippen LogP contribution in [0.15, 0.2) is 79.0 Å². The summed E-state index contributed by atoms with van der Waals surface area (Å²) in [5.41, 5.74) is 4.65. The Hall–Kier alpha value is -4.83. The molecule has 0 unspecified atom stereocenters. The molecule has 6 rings (SSSR count). The van der Waals surface area contributed by atoms with Crippen molar-refractivity contribution in [1.82, 2.24) is 19.7 Å². The summed E-state index contributed by atoms with van der Waals surface area (Å²) in [7, 11) is 1.72. The normalized spacial score (nSPS) is 17.4. The minimum absolute atomic E-state index is 0.0524. The minimum atomic E-state index is -0.642. The van der Waals surface area contributed by atoms with Crippen LogP contribution < -0.4 is 10.1 Å². The fraction of sp³-hybridized carbons (Fsp3) is 0.465. The van der Waals surface area contributed by atoms with Crippen molar-refractivity contribution in [3.05, 3.63) is 90.1 Å². The van der Waals surface area contributed by atoms with E-state index in [0.717, 1.165) is 59.0 Å². The van der Waals surface area contributed by atoms with Crippen LogP contribution in [0, 0.1) is 5.92 Å². The van der Waals surface area contributed by atoms with Crippen molar-refractivity contribution in [2.45, 2.75) is 84.0 Å². The topological polar surface area (TPSA) is 102 Å². The van der Waals surface area contributed by atoms with Gasteiger partial charge in [-0.25, -0.2) is 4.79 Å². The number of hydrogen-bond acceptors (Lipinski definition) is 6. The molecule has 1 aromatic heterocycles. The molecule has 2 atom stereocenters. The third-order valence-corrected chi connectivity index (χ3v) is 10.0. The van der Waals surface area contributed by atoms with E-state index in [1.807, 2.05) is 58.0 Å². The molecule has 1 saturated heterocycles. The number of benzene rings is 3. The molecule has 4 aromatic rings. The molecule has 1 N–H and O–H groups in total. The quantitative estimate of drug-likeness (QED) is 0.136. The van der Waals surface area contributed by atoms with E-state index in [0.29, 0.717) is 38.4 Å². The highest BCUT2D eigenvalue weighted by Crippen LogP contribution is 2.40. The molecule has 2 fully saturated rings. The SMILES string of the molecule is CCNC(=O)COc1cccc(-c2cccc([C@H]3CCN(C(=O)OC(C)(C)C)C[C@@H]3C(=O)N(Cc3cn(CCCOC)c4ccccc34)C3CC3)c2)c1. The van der Waals surface area contributed by atoms with Crippen molar-refractivity contribution in [2.75, 3.05) is 40.0 Å². The molecule has 0 bridgehead atoms. The predicted octanol–water partition coefficient (Wildman–Crippen LogP) is 7.39. The number of aromatic nitrogens is 1. The second-order valence-electron chi connectivity index (χ2n) is 15.2. The number of para-hydroxylation sites is 1. The molecule has 282 valence electrons. The Balaban J connectivity index is 1.29. The van der Waals surface area contributed by atoms with Gasteiger partial charge in [-0.05, 0) is 99.7 Å². The molecular formula is C43H54N4O6. The molecular weight excluding hydrogens is 668 g/mol. The molecule has 1 aliphatic carbocycles. The lowest BCUT2D eigenvalue weighted by atomic mass is 9.79. The molecule has 0 radical (unpaired) electrons. The van der Waals surface area contributed by atoms with Crippen LogP contribution >= 0.6 is 0 Å². The van der Waals surface area contributed by atoms with E-state index in [2.05, 4.69) is 63.4 Å². The summed E-state index contributed by atoms with van der Waals surface area (Å²) in [6, 6.07) is 24.6. The Labute approximate surface area is 313 Å². The number of nitrogens with one attached hydrogen (secondary N) is 1. The number of ether oxygens (including phenoxy) is 3. The number of carbonyl (C=O) groups excluding carboxylic acids is 3. The Kier molecular flexibility index (Phi) is 12.1. The van der Waals surface area contributed by atoms with Crippen LogP contribution in [0.1, 0.15) is 70.4 Å². The average Bonchev–Trinajstić information content (AvgIpc) is 3.94. The Bertz CT molecular complexity index is 1890. The van der Waals surface area contributed by atoms with Crippen molar-refractivity contribution in [1.29, 1.82) is 0 Å². The first-order valence-corrected chi connectivity index (χ1v) is 19.0. The summed E-state index contributed by atoms with van der Waals surface area (Å²) in [5.74, 6) is -0.0311. The molecule has 53 heavy (non-hydrogen) atoms. The summed E-state index contributed by atoms with van der Waals surface area (Å²) < 4.78 is 19.2. The maximum Gasteiger partial charge on any atom is 0.410 e. The Morgan fingerprint density at radius 2 is 1.70 bits per heavy atom. The monoisotopic (exact) mass is 722 g/mol. The molecule has 2 aliphatic rings. The Morgan fingerprint density at radius 3 is 2.43 bits per heavy atom. The summed E-state index contributed by atoms with van der Waals surface area (Å²) in [4.78, 5) is 44.3. The van der Waals surface area contributed by atoms with E-state index in [1.165, 1.54) is 0 Å². The van der Waals surface area contributed by atoms with Gasteiger partial charge >= 0.3 is 6.09 Å². The number of likely N-dealkylation sites (N-methyl/N-ethyl adjacent to an activating group) is 1. The molecule has 1 aliphatic heterocycles. The number of aryl methyl sites for hydroxylation is 1. The first kappa shape index (κ1) is 37.9. The number of amides is 3. The van der Waals surface area contributed by atoms with Gasteiger partial charge < -0.3 is 33.9 Å². The summed E-state index contributed by atoms with van der Waals surface area (Å²) in [6.45, 7) is 10.8. The summed E-state index contributed by atoms with van der Waals surface area (Å²) in [6.07, 6.45) is 5.29. The maximum atomic E-state index is 15.0. The van der Waals surface area contributed by atoms with Gasteiger partial charge in [-0.3, -0.25) is 9.59 Å². The number of rotatable bonds is 14. The highest BCUT2D eigenvalue weighted by Gasteiger charge is 2.43. The van der Waals surface area contributed by atoms with Crippen molar-refractivity contribution < 1.29 is 28.6 Å². The van der Waals surface area contributed by atoms with Gasteiger partial charge in [-0.2, -0.15) is 0 Å². The fourth-order valence-electron chi connectivity index (χ4n) is 7.39. The van der Waals surface area contributed by atoms with Crippen LogP contribution in [0.4, 0.5) is 4.79 Å². The fourth-order valence-corrected chi connectivity index (χ4v) is 7.39. The van der Waals surface area contributed by atoms with E-state index in [4.69, 9.17) is 14.2 Å². The zero-order chi connectivity index (χ0) is 37.5. The lowest BCUT2D eigenvalue weighted by Crippen LogP contribution is -2.51.